The maximum atomic E-state index is 11.6. The van der Waals surface area contributed by atoms with Crippen molar-refractivity contribution in [3.63, 3.8) is 0 Å². The maximum Gasteiger partial charge on any atom is 0.306 e. The Labute approximate surface area is 125 Å². The van der Waals surface area contributed by atoms with Crippen LogP contribution in [-0.4, -0.2) is 40.5 Å². The lowest BCUT2D eigenvalue weighted by Gasteiger charge is -2.23. The van der Waals surface area contributed by atoms with E-state index in [1.165, 1.54) is 7.11 Å². The fraction of sp³-hybridized carbons (Fsp3) is 0.533. The highest BCUT2D eigenvalue weighted by Crippen LogP contribution is 2.40. The first kappa shape index (κ1) is 17.1. The van der Waals surface area contributed by atoms with E-state index in [-0.39, 0.29) is 24.3 Å². The van der Waals surface area contributed by atoms with Gasteiger partial charge in [-0.05, 0) is 13.0 Å². The molecular weight excluding hydrogens is 274 g/mol. The molecule has 0 bridgehead atoms. The summed E-state index contributed by atoms with van der Waals surface area (Å²) in [6.07, 6.45) is 0.167. The Bertz CT molecular complexity index is 487. The van der Waals surface area contributed by atoms with E-state index in [1.54, 1.807) is 33.5 Å². The molecule has 0 saturated heterocycles. The third-order valence-electron chi connectivity index (χ3n) is 3.38. The van der Waals surface area contributed by atoms with Crippen LogP contribution in [0.2, 0.25) is 0 Å². The molecule has 2 atom stereocenters. The summed E-state index contributed by atoms with van der Waals surface area (Å²) in [7, 11) is 6.01. The summed E-state index contributed by atoms with van der Waals surface area (Å²) in [4.78, 5) is 11.6. The van der Waals surface area contributed by atoms with E-state index in [0.29, 0.717) is 17.2 Å². The van der Waals surface area contributed by atoms with Crippen LogP contribution >= 0.6 is 0 Å². The Morgan fingerprint density at radius 2 is 1.57 bits per heavy atom. The molecule has 0 aliphatic heterocycles. The predicted octanol–water partition coefficient (Wildman–Crippen LogP) is 1.71. The largest absolute Gasteiger partial charge is 0.496 e. The quantitative estimate of drug-likeness (QED) is 0.772. The van der Waals surface area contributed by atoms with Crippen molar-refractivity contribution in [3.8, 4) is 17.2 Å². The van der Waals surface area contributed by atoms with Gasteiger partial charge in [0.05, 0.1) is 34.9 Å². The van der Waals surface area contributed by atoms with Crippen molar-refractivity contribution in [2.75, 3.05) is 28.4 Å². The van der Waals surface area contributed by atoms with E-state index >= 15 is 0 Å². The molecule has 0 radical (unpaired) electrons. The molecule has 0 aliphatic rings. The molecule has 0 amide bonds. The van der Waals surface area contributed by atoms with Gasteiger partial charge in [0.15, 0.2) is 11.5 Å². The summed E-state index contributed by atoms with van der Waals surface area (Å²) in [6.45, 7) is 1.84. The van der Waals surface area contributed by atoms with E-state index in [2.05, 4.69) is 0 Å². The lowest BCUT2D eigenvalue weighted by atomic mass is 9.89. The lowest BCUT2D eigenvalue weighted by Crippen LogP contribution is -2.27. The molecule has 6 heteroatoms. The van der Waals surface area contributed by atoms with Gasteiger partial charge in [-0.15, -0.1) is 0 Å². The molecule has 0 spiro atoms. The average molecular weight is 297 g/mol. The van der Waals surface area contributed by atoms with Crippen LogP contribution in [0.25, 0.3) is 0 Å². The van der Waals surface area contributed by atoms with Crippen LogP contribution < -0.4 is 19.9 Å². The summed E-state index contributed by atoms with van der Waals surface area (Å²) >= 11 is 0. The number of ether oxygens (including phenoxy) is 4. The Kier molecular flexibility index (Phi) is 6.30. The number of rotatable bonds is 7. The van der Waals surface area contributed by atoms with Crippen LogP contribution in [0.4, 0.5) is 0 Å². The van der Waals surface area contributed by atoms with E-state index < -0.39 is 0 Å². The first-order valence-electron chi connectivity index (χ1n) is 6.60. The summed E-state index contributed by atoms with van der Waals surface area (Å²) in [5, 5.41) is 0. The number of carbonyl (C=O) groups is 1. The van der Waals surface area contributed by atoms with Gasteiger partial charge in [0.2, 0.25) is 0 Å². The van der Waals surface area contributed by atoms with E-state index in [1.807, 2.05) is 6.92 Å². The van der Waals surface area contributed by atoms with Crippen molar-refractivity contribution < 1.29 is 23.7 Å². The summed E-state index contributed by atoms with van der Waals surface area (Å²) in [5.41, 5.74) is 6.81. The van der Waals surface area contributed by atoms with Crippen molar-refractivity contribution in [1.29, 1.82) is 0 Å². The van der Waals surface area contributed by atoms with Crippen molar-refractivity contribution in [2.45, 2.75) is 25.3 Å². The van der Waals surface area contributed by atoms with Gasteiger partial charge in [-0.1, -0.05) is 0 Å². The number of benzene rings is 1. The number of hydrogen-bond acceptors (Lipinski definition) is 6. The molecule has 1 aromatic carbocycles. The van der Waals surface area contributed by atoms with Gasteiger partial charge in [-0.25, -0.2) is 0 Å². The number of nitrogens with two attached hydrogens (primary N) is 1. The fourth-order valence-electron chi connectivity index (χ4n) is 2.18. The second-order valence-corrected chi connectivity index (χ2v) is 4.70. The fourth-order valence-corrected chi connectivity index (χ4v) is 2.18. The van der Waals surface area contributed by atoms with Crippen LogP contribution in [0.3, 0.4) is 0 Å². The predicted molar refractivity (Wildman–Crippen MR) is 79.1 cm³/mol. The monoisotopic (exact) mass is 297 g/mol. The van der Waals surface area contributed by atoms with Crippen molar-refractivity contribution in [2.24, 2.45) is 5.73 Å². The molecule has 1 rings (SSSR count). The zero-order chi connectivity index (χ0) is 16.0. The van der Waals surface area contributed by atoms with E-state index in [9.17, 15) is 4.79 Å². The normalized spacial score (nSPS) is 13.2. The molecule has 0 aliphatic carbocycles. The second kappa shape index (κ2) is 7.73. The molecular formula is C15H23NO5. The average Bonchev–Trinajstić information content (AvgIpc) is 2.50. The summed E-state index contributed by atoms with van der Waals surface area (Å²) in [5.74, 6) is 1.14. The molecule has 118 valence electrons. The third-order valence-corrected chi connectivity index (χ3v) is 3.38. The Balaban J connectivity index is 3.31. The van der Waals surface area contributed by atoms with Gasteiger partial charge in [0, 0.05) is 23.6 Å². The Morgan fingerprint density at radius 1 is 1.05 bits per heavy atom. The number of hydrogen-bond donors (Lipinski definition) is 1. The minimum absolute atomic E-state index is 0.167. The Hall–Kier alpha value is -1.95. The number of methoxy groups -OCH3 is 4. The van der Waals surface area contributed by atoms with E-state index in [0.717, 1.165) is 5.56 Å². The van der Waals surface area contributed by atoms with Crippen LogP contribution in [0, 0.1) is 0 Å². The molecule has 21 heavy (non-hydrogen) atoms. The molecule has 0 heterocycles. The second-order valence-electron chi connectivity index (χ2n) is 4.70. The highest BCUT2D eigenvalue weighted by Gasteiger charge is 2.25. The number of carbonyl (C=O) groups excluding carboxylic acids is 1. The van der Waals surface area contributed by atoms with Crippen molar-refractivity contribution >= 4 is 5.97 Å². The minimum atomic E-state index is -0.325. The van der Waals surface area contributed by atoms with Gasteiger partial charge in [-0.2, -0.15) is 0 Å². The highest BCUT2D eigenvalue weighted by molar-refractivity contribution is 5.71. The standard InChI is InChI=1S/C15H23NO5/c1-9(16)10(7-15(17)21-5)11-6-13(19-3)14(20-4)8-12(11)18-2/h6,8-10H,7,16H2,1-5H3. The SMILES string of the molecule is COC(=O)CC(c1cc(OC)c(OC)cc1OC)C(C)N. The maximum absolute atomic E-state index is 11.6. The summed E-state index contributed by atoms with van der Waals surface area (Å²) < 4.78 is 20.7. The zero-order valence-corrected chi connectivity index (χ0v) is 13.1. The Morgan fingerprint density at radius 3 is 2.00 bits per heavy atom. The molecule has 0 fully saturated rings. The highest BCUT2D eigenvalue weighted by atomic mass is 16.5. The minimum Gasteiger partial charge on any atom is -0.496 e. The van der Waals surface area contributed by atoms with E-state index in [4.69, 9.17) is 24.7 Å². The van der Waals surface area contributed by atoms with Gasteiger partial charge in [-0.3, -0.25) is 4.79 Å². The van der Waals surface area contributed by atoms with Crippen LogP contribution in [0.15, 0.2) is 12.1 Å². The summed E-state index contributed by atoms with van der Waals surface area (Å²) in [6, 6.07) is 3.26. The third kappa shape index (κ3) is 4.01. The van der Waals surface area contributed by atoms with Gasteiger partial charge >= 0.3 is 5.97 Å². The van der Waals surface area contributed by atoms with Crippen LogP contribution in [0.5, 0.6) is 17.2 Å². The van der Waals surface area contributed by atoms with Crippen molar-refractivity contribution in [1.82, 2.24) is 0 Å². The van der Waals surface area contributed by atoms with Crippen LogP contribution in [0.1, 0.15) is 24.8 Å². The number of esters is 1. The smallest absolute Gasteiger partial charge is 0.306 e. The van der Waals surface area contributed by atoms with Gasteiger partial charge in [0.25, 0.3) is 0 Å². The van der Waals surface area contributed by atoms with Crippen LogP contribution in [-0.2, 0) is 9.53 Å². The molecule has 0 aromatic heterocycles. The first-order chi connectivity index (χ1) is 9.98. The molecule has 2 unspecified atom stereocenters. The molecule has 2 N–H and O–H groups in total. The molecule has 0 saturated carbocycles. The molecule has 6 nitrogen and oxygen atoms in total. The van der Waals surface area contributed by atoms with Gasteiger partial charge < -0.3 is 24.7 Å². The first-order valence-corrected chi connectivity index (χ1v) is 6.60. The van der Waals surface area contributed by atoms with Gasteiger partial charge in [0.1, 0.15) is 5.75 Å². The lowest BCUT2D eigenvalue weighted by molar-refractivity contribution is -0.141. The van der Waals surface area contributed by atoms with Crippen molar-refractivity contribution in [3.05, 3.63) is 17.7 Å². The topological polar surface area (TPSA) is 80.0 Å². The molecule has 1 aromatic rings. The zero-order valence-electron chi connectivity index (χ0n) is 13.1.